The second-order valence-corrected chi connectivity index (χ2v) is 5.93. The molecule has 0 saturated heterocycles. The molecule has 0 unspecified atom stereocenters. The van der Waals surface area contributed by atoms with Crippen LogP contribution in [0.1, 0.15) is 12.5 Å². The molecule has 1 aromatic rings. The first-order valence-electron chi connectivity index (χ1n) is 6.97. The van der Waals surface area contributed by atoms with Gasteiger partial charge in [-0.05, 0) is 25.2 Å². The maximum Gasteiger partial charge on any atom is 0.416 e. The van der Waals surface area contributed by atoms with Crippen LogP contribution >= 0.6 is 0 Å². The lowest BCUT2D eigenvalue weighted by molar-refractivity contribution is -0.137. The summed E-state index contributed by atoms with van der Waals surface area (Å²) in [6.07, 6.45) is -4.47. The number of nitrogens with one attached hydrogen (secondary N) is 1. The van der Waals surface area contributed by atoms with Gasteiger partial charge in [0.05, 0.1) is 25.3 Å². The van der Waals surface area contributed by atoms with Crippen LogP contribution in [0.15, 0.2) is 24.3 Å². The molecule has 130 valence electrons. The molecule has 0 heterocycles. The lowest BCUT2D eigenvalue weighted by Gasteiger charge is -2.29. The van der Waals surface area contributed by atoms with Crippen LogP contribution in [0.5, 0.6) is 0 Å². The third kappa shape index (κ3) is 6.17. The molecule has 0 aromatic heterocycles. The minimum absolute atomic E-state index is 0.0605. The summed E-state index contributed by atoms with van der Waals surface area (Å²) in [5, 5.41) is 20.8. The van der Waals surface area contributed by atoms with Gasteiger partial charge in [-0.25, -0.2) is 0 Å². The second kappa shape index (κ2) is 7.76. The number of aliphatic hydroxyl groups excluding tert-OH is 2. The third-order valence-corrected chi connectivity index (χ3v) is 3.30. The van der Waals surface area contributed by atoms with Gasteiger partial charge >= 0.3 is 6.18 Å². The number of carbonyl (C=O) groups is 1. The number of halogens is 3. The van der Waals surface area contributed by atoms with Crippen LogP contribution in [0.2, 0.25) is 0 Å². The first-order chi connectivity index (χ1) is 10.6. The molecule has 0 aliphatic heterocycles. The normalized spacial score (nSPS) is 12.5. The van der Waals surface area contributed by atoms with E-state index in [1.54, 1.807) is 18.9 Å². The molecule has 0 aliphatic carbocycles. The van der Waals surface area contributed by atoms with E-state index < -0.39 is 23.1 Å². The molecule has 8 heteroatoms. The Balaban J connectivity index is 2.63. The van der Waals surface area contributed by atoms with Gasteiger partial charge in [-0.2, -0.15) is 13.2 Å². The van der Waals surface area contributed by atoms with Crippen molar-refractivity contribution < 1.29 is 28.2 Å². The molecule has 0 atom stereocenters. The van der Waals surface area contributed by atoms with Gasteiger partial charge in [0.1, 0.15) is 0 Å². The van der Waals surface area contributed by atoms with Crippen molar-refractivity contribution >= 4 is 11.6 Å². The monoisotopic (exact) mass is 334 g/mol. The van der Waals surface area contributed by atoms with Crippen molar-refractivity contribution in [2.75, 3.05) is 38.7 Å². The largest absolute Gasteiger partial charge is 0.416 e. The fourth-order valence-electron chi connectivity index (χ4n) is 2.08. The smallest absolute Gasteiger partial charge is 0.396 e. The van der Waals surface area contributed by atoms with Gasteiger partial charge in [0.25, 0.3) is 0 Å². The first kappa shape index (κ1) is 19.4. The highest BCUT2D eigenvalue weighted by molar-refractivity contribution is 5.92. The van der Waals surface area contributed by atoms with E-state index in [0.29, 0.717) is 0 Å². The molecule has 0 saturated carbocycles. The summed E-state index contributed by atoms with van der Waals surface area (Å²) in [5.74, 6) is -0.481. The van der Waals surface area contributed by atoms with Crippen LogP contribution in [0.25, 0.3) is 0 Å². The summed E-state index contributed by atoms with van der Waals surface area (Å²) in [6, 6.07) is 4.38. The van der Waals surface area contributed by atoms with E-state index in [1.807, 2.05) is 0 Å². The fraction of sp³-hybridized carbons (Fsp3) is 0.533. The molecule has 1 rings (SSSR count). The summed E-state index contributed by atoms with van der Waals surface area (Å²) >= 11 is 0. The van der Waals surface area contributed by atoms with Crippen LogP contribution in [0.4, 0.5) is 18.9 Å². The van der Waals surface area contributed by atoms with Crippen LogP contribution in [0.3, 0.4) is 0 Å². The maximum absolute atomic E-state index is 12.6. The van der Waals surface area contributed by atoms with Gasteiger partial charge < -0.3 is 15.5 Å². The maximum atomic E-state index is 12.6. The molecular formula is C15H21F3N2O3. The quantitative estimate of drug-likeness (QED) is 0.708. The Bertz CT molecular complexity index is 531. The molecule has 0 fully saturated rings. The highest BCUT2D eigenvalue weighted by Crippen LogP contribution is 2.30. The van der Waals surface area contributed by atoms with E-state index >= 15 is 0 Å². The third-order valence-electron chi connectivity index (χ3n) is 3.30. The van der Waals surface area contributed by atoms with Gasteiger partial charge in [-0.3, -0.25) is 9.69 Å². The average Bonchev–Trinajstić information content (AvgIpc) is 2.46. The van der Waals surface area contributed by atoms with Crippen molar-refractivity contribution in [3.63, 3.8) is 0 Å². The second-order valence-electron chi connectivity index (χ2n) is 5.93. The molecule has 1 aromatic carbocycles. The Labute approximate surface area is 132 Å². The van der Waals surface area contributed by atoms with E-state index in [4.69, 9.17) is 0 Å². The van der Waals surface area contributed by atoms with Crippen LogP contribution in [0, 0.1) is 5.41 Å². The minimum atomic E-state index is -4.47. The first-order valence-corrected chi connectivity index (χ1v) is 6.97. The van der Waals surface area contributed by atoms with Gasteiger partial charge in [0, 0.05) is 17.6 Å². The van der Waals surface area contributed by atoms with Crippen LogP contribution in [-0.4, -0.2) is 54.4 Å². The number of anilines is 1. The van der Waals surface area contributed by atoms with Crippen molar-refractivity contribution in [1.82, 2.24) is 4.90 Å². The summed E-state index contributed by atoms with van der Waals surface area (Å²) in [4.78, 5) is 13.5. The lowest BCUT2D eigenvalue weighted by atomic mass is 9.92. The molecular weight excluding hydrogens is 313 g/mol. The fourth-order valence-corrected chi connectivity index (χ4v) is 2.08. The Hall–Kier alpha value is -1.64. The van der Waals surface area contributed by atoms with Gasteiger partial charge in [0.2, 0.25) is 5.91 Å². The molecule has 0 aliphatic rings. The van der Waals surface area contributed by atoms with E-state index in [0.717, 1.165) is 12.1 Å². The number of amides is 1. The van der Waals surface area contributed by atoms with Crippen molar-refractivity contribution in [2.45, 2.75) is 13.1 Å². The summed E-state index contributed by atoms with van der Waals surface area (Å²) in [5.41, 5.74) is -1.53. The van der Waals surface area contributed by atoms with Crippen molar-refractivity contribution in [3.8, 4) is 0 Å². The Morgan fingerprint density at radius 2 is 1.87 bits per heavy atom. The number of hydrogen-bond acceptors (Lipinski definition) is 4. The number of benzene rings is 1. The number of alkyl halides is 3. The summed E-state index contributed by atoms with van der Waals surface area (Å²) in [6.45, 7) is 1.35. The zero-order valence-corrected chi connectivity index (χ0v) is 13.0. The topological polar surface area (TPSA) is 72.8 Å². The van der Waals surface area contributed by atoms with Gasteiger partial charge in [-0.1, -0.05) is 13.0 Å². The average molecular weight is 334 g/mol. The lowest BCUT2D eigenvalue weighted by Crippen LogP contribution is -2.41. The number of likely N-dealkylation sites (N-methyl/N-ethyl adjacent to an activating group) is 1. The molecule has 0 bridgehead atoms. The van der Waals surface area contributed by atoms with Crippen LogP contribution < -0.4 is 5.32 Å². The molecule has 5 nitrogen and oxygen atoms in total. The summed E-state index contributed by atoms with van der Waals surface area (Å²) in [7, 11) is 1.62. The predicted octanol–water partition coefficient (Wildman–Crippen LogP) is 1.57. The van der Waals surface area contributed by atoms with E-state index in [1.165, 1.54) is 12.1 Å². The van der Waals surface area contributed by atoms with Crippen molar-refractivity contribution in [1.29, 1.82) is 0 Å². The Morgan fingerprint density at radius 3 is 2.39 bits per heavy atom. The number of aliphatic hydroxyl groups is 2. The highest BCUT2D eigenvalue weighted by Gasteiger charge is 2.30. The number of carbonyl (C=O) groups excluding carboxylic acids is 1. The number of hydrogen-bond donors (Lipinski definition) is 3. The number of nitrogens with zero attached hydrogens (tertiary/aromatic N) is 1. The van der Waals surface area contributed by atoms with Gasteiger partial charge in [0.15, 0.2) is 0 Å². The summed E-state index contributed by atoms with van der Waals surface area (Å²) < 4.78 is 37.8. The Morgan fingerprint density at radius 1 is 1.26 bits per heavy atom. The van der Waals surface area contributed by atoms with E-state index in [-0.39, 0.29) is 32.0 Å². The Kier molecular flexibility index (Phi) is 6.55. The van der Waals surface area contributed by atoms with Crippen LogP contribution in [-0.2, 0) is 11.0 Å². The van der Waals surface area contributed by atoms with E-state index in [2.05, 4.69) is 5.32 Å². The zero-order valence-electron chi connectivity index (χ0n) is 13.0. The highest BCUT2D eigenvalue weighted by atomic mass is 19.4. The molecule has 0 radical (unpaired) electrons. The number of rotatable bonds is 7. The van der Waals surface area contributed by atoms with E-state index in [9.17, 15) is 28.2 Å². The molecule has 23 heavy (non-hydrogen) atoms. The van der Waals surface area contributed by atoms with Crippen molar-refractivity contribution in [2.24, 2.45) is 5.41 Å². The molecule has 0 spiro atoms. The predicted molar refractivity (Wildman–Crippen MR) is 79.8 cm³/mol. The molecule has 3 N–H and O–H groups in total. The minimum Gasteiger partial charge on any atom is -0.396 e. The van der Waals surface area contributed by atoms with Crippen molar-refractivity contribution in [3.05, 3.63) is 29.8 Å². The SMILES string of the molecule is CN(CC(=O)Nc1cccc(C(F)(F)F)c1)CC(C)(CO)CO. The van der Waals surface area contributed by atoms with Gasteiger partial charge in [-0.15, -0.1) is 0 Å². The molecule has 1 amide bonds. The zero-order chi connectivity index (χ0) is 17.7. The standard InChI is InChI=1S/C15H21F3N2O3/c1-14(9-21,10-22)8-20(2)7-13(23)19-12-5-3-4-11(6-12)15(16,17)18/h3-6,21-22H,7-10H2,1-2H3,(H,19,23).